The van der Waals surface area contributed by atoms with Gasteiger partial charge in [0.25, 0.3) is 0 Å². The van der Waals surface area contributed by atoms with Gasteiger partial charge in [-0.1, -0.05) is 53.9 Å². The summed E-state index contributed by atoms with van der Waals surface area (Å²) in [6, 6.07) is 17.0. The Balaban J connectivity index is 1.34. The number of thioether (sulfide) groups is 2. The molecule has 9 heteroatoms. The van der Waals surface area contributed by atoms with E-state index in [-0.39, 0.29) is 16.0 Å². The lowest BCUT2D eigenvalue weighted by Crippen LogP contribution is -2.00. The van der Waals surface area contributed by atoms with E-state index in [1.165, 1.54) is 24.3 Å². The topological polar surface area (TPSA) is 34.1 Å². The van der Waals surface area contributed by atoms with E-state index in [0.717, 1.165) is 42.1 Å². The van der Waals surface area contributed by atoms with Gasteiger partial charge < -0.3 is 0 Å². The average Bonchev–Trinajstić information content (AvgIpc) is 2.83. The van der Waals surface area contributed by atoms with Crippen LogP contribution in [0.4, 0.5) is 22.0 Å². The minimum absolute atomic E-state index is 0.0455. The third-order valence-corrected chi connectivity index (χ3v) is 6.77. The molecular weight excluding hydrogens is 515 g/mol. The van der Waals surface area contributed by atoms with Gasteiger partial charge in [0.15, 0.2) is 23.3 Å². The lowest BCUT2D eigenvalue weighted by Gasteiger charge is -2.07. The number of carbonyl (C=O) groups excluding carboxylic acids is 2. The van der Waals surface area contributed by atoms with Crippen LogP contribution in [0, 0.1) is 29.1 Å². The zero-order chi connectivity index (χ0) is 25.8. The lowest BCUT2D eigenvalue weighted by atomic mass is 10.1. The Labute approximate surface area is 211 Å². The summed E-state index contributed by atoms with van der Waals surface area (Å²) in [4.78, 5) is 25.4. The quantitative estimate of drug-likeness (QED) is 0.144. The third kappa shape index (κ3) is 6.22. The molecule has 0 heterocycles. The van der Waals surface area contributed by atoms with Gasteiger partial charge in [0.2, 0.25) is 10.2 Å². The maximum Gasteiger partial charge on any atom is 0.202 e. The summed E-state index contributed by atoms with van der Waals surface area (Å²) in [5, 5.41) is -0.919. The standard InChI is InChI=1S/C27H15F5O2S2/c28-21-9-3-16(11-24(21)31)15-1-5-18(6-2-15)35-26(33)14-27(34)36-19-7-8-20(23(30)13-19)17-4-10-22(29)25(32)12-17/h1-13H,14H2. The predicted octanol–water partition coefficient (Wildman–Crippen LogP) is 8.04. The van der Waals surface area contributed by atoms with Crippen LogP contribution in [0.25, 0.3) is 22.3 Å². The van der Waals surface area contributed by atoms with E-state index < -0.39 is 45.7 Å². The highest BCUT2D eigenvalue weighted by Gasteiger charge is 2.15. The molecule has 0 aliphatic heterocycles. The van der Waals surface area contributed by atoms with Gasteiger partial charge in [-0.05, 0) is 65.2 Å². The van der Waals surface area contributed by atoms with Crippen molar-refractivity contribution in [3.05, 3.63) is 108 Å². The normalized spacial score (nSPS) is 10.9. The Kier molecular flexibility index (Phi) is 7.91. The molecular formula is C27H15F5O2S2. The molecule has 4 aromatic rings. The summed E-state index contributed by atoms with van der Waals surface area (Å²) >= 11 is 1.55. The molecule has 0 atom stereocenters. The van der Waals surface area contributed by atoms with E-state index >= 15 is 0 Å². The van der Waals surface area contributed by atoms with E-state index in [1.807, 2.05) is 0 Å². The Morgan fingerprint density at radius 3 is 1.58 bits per heavy atom. The first-order valence-corrected chi connectivity index (χ1v) is 12.0. The number of hydrogen-bond donors (Lipinski definition) is 0. The molecule has 0 saturated carbocycles. The van der Waals surface area contributed by atoms with Crippen molar-refractivity contribution < 1.29 is 31.5 Å². The van der Waals surface area contributed by atoms with Gasteiger partial charge >= 0.3 is 0 Å². The molecule has 0 radical (unpaired) electrons. The highest BCUT2D eigenvalue weighted by atomic mass is 32.2. The van der Waals surface area contributed by atoms with Gasteiger partial charge in [-0.2, -0.15) is 0 Å². The van der Waals surface area contributed by atoms with Gasteiger partial charge in [-0.3, -0.25) is 9.59 Å². The second kappa shape index (κ2) is 11.1. The first-order chi connectivity index (χ1) is 17.2. The maximum atomic E-state index is 14.5. The zero-order valence-electron chi connectivity index (χ0n) is 18.2. The van der Waals surface area contributed by atoms with Crippen molar-refractivity contribution in [1.29, 1.82) is 0 Å². The summed E-state index contributed by atoms with van der Waals surface area (Å²) < 4.78 is 67.6. The van der Waals surface area contributed by atoms with Crippen LogP contribution in [0.3, 0.4) is 0 Å². The van der Waals surface area contributed by atoms with Crippen LogP contribution in [0.15, 0.2) is 88.7 Å². The number of carbonyl (C=O) groups is 2. The molecule has 0 N–H and O–H groups in total. The van der Waals surface area contributed by atoms with E-state index in [9.17, 15) is 31.5 Å². The highest BCUT2D eigenvalue weighted by Crippen LogP contribution is 2.31. The lowest BCUT2D eigenvalue weighted by molar-refractivity contribution is -0.117. The van der Waals surface area contributed by atoms with Crippen LogP contribution in [0.1, 0.15) is 6.42 Å². The molecule has 0 spiro atoms. The zero-order valence-corrected chi connectivity index (χ0v) is 19.9. The molecule has 0 aromatic heterocycles. The van der Waals surface area contributed by atoms with E-state index in [2.05, 4.69) is 0 Å². The fourth-order valence-corrected chi connectivity index (χ4v) is 4.90. The SMILES string of the molecule is O=C(CC(=O)Sc1ccc(-c2ccc(F)c(F)c2)c(F)c1)Sc1ccc(-c2ccc(F)c(F)c2)cc1. The highest BCUT2D eigenvalue weighted by molar-refractivity contribution is 8.15. The number of hydrogen-bond acceptors (Lipinski definition) is 4. The number of rotatable bonds is 6. The van der Waals surface area contributed by atoms with Crippen LogP contribution in [-0.2, 0) is 9.59 Å². The fourth-order valence-electron chi connectivity index (χ4n) is 3.30. The van der Waals surface area contributed by atoms with Crippen molar-refractivity contribution >= 4 is 33.8 Å². The smallest absolute Gasteiger partial charge is 0.202 e. The van der Waals surface area contributed by atoms with Crippen molar-refractivity contribution in [2.24, 2.45) is 0 Å². The summed E-state index contributed by atoms with van der Waals surface area (Å²) in [5.74, 6) is -4.77. The van der Waals surface area contributed by atoms with E-state index in [0.29, 0.717) is 27.8 Å². The largest absolute Gasteiger partial charge is 0.286 e. The van der Waals surface area contributed by atoms with Gasteiger partial charge in [-0.25, -0.2) is 22.0 Å². The molecule has 0 amide bonds. The van der Waals surface area contributed by atoms with Crippen LogP contribution in [0.5, 0.6) is 0 Å². The average molecular weight is 531 g/mol. The van der Waals surface area contributed by atoms with Gasteiger partial charge in [0.1, 0.15) is 5.82 Å². The molecule has 36 heavy (non-hydrogen) atoms. The predicted molar refractivity (Wildman–Crippen MR) is 130 cm³/mol. The second-order valence-corrected chi connectivity index (χ2v) is 9.81. The van der Waals surface area contributed by atoms with Crippen molar-refractivity contribution in [2.45, 2.75) is 16.2 Å². The van der Waals surface area contributed by atoms with Crippen molar-refractivity contribution in [1.82, 2.24) is 0 Å². The third-order valence-electron chi connectivity index (χ3n) is 5.03. The van der Waals surface area contributed by atoms with E-state index in [1.54, 1.807) is 24.3 Å². The summed E-state index contributed by atoms with van der Waals surface area (Å²) in [7, 11) is 0. The molecule has 4 rings (SSSR count). The Hall–Kier alpha value is -3.43. The summed E-state index contributed by atoms with van der Waals surface area (Å²) in [6.45, 7) is 0. The minimum Gasteiger partial charge on any atom is -0.286 e. The van der Waals surface area contributed by atoms with Crippen LogP contribution < -0.4 is 0 Å². The Bertz CT molecular complexity index is 1460. The van der Waals surface area contributed by atoms with Crippen molar-refractivity contribution in [3.8, 4) is 22.3 Å². The van der Waals surface area contributed by atoms with Crippen LogP contribution in [0.2, 0.25) is 0 Å². The molecule has 0 saturated heterocycles. The maximum absolute atomic E-state index is 14.5. The Morgan fingerprint density at radius 2 is 1.00 bits per heavy atom. The molecule has 0 fully saturated rings. The fraction of sp³-hybridized carbons (Fsp3) is 0.0370. The second-order valence-electron chi connectivity index (χ2n) is 7.55. The van der Waals surface area contributed by atoms with E-state index in [4.69, 9.17) is 0 Å². The van der Waals surface area contributed by atoms with Gasteiger partial charge in [0, 0.05) is 15.4 Å². The van der Waals surface area contributed by atoms with Crippen LogP contribution >= 0.6 is 23.5 Å². The molecule has 0 aliphatic carbocycles. The van der Waals surface area contributed by atoms with Crippen molar-refractivity contribution in [2.75, 3.05) is 0 Å². The molecule has 0 aliphatic rings. The molecule has 0 bridgehead atoms. The molecule has 0 unspecified atom stereocenters. The van der Waals surface area contributed by atoms with Crippen LogP contribution in [-0.4, -0.2) is 10.2 Å². The molecule has 2 nitrogen and oxygen atoms in total. The summed E-state index contributed by atoms with van der Waals surface area (Å²) in [6.07, 6.45) is -0.410. The van der Waals surface area contributed by atoms with Crippen molar-refractivity contribution in [3.63, 3.8) is 0 Å². The summed E-state index contributed by atoms with van der Waals surface area (Å²) in [5.41, 5.74) is 1.30. The minimum atomic E-state index is -1.10. The first kappa shape index (κ1) is 25.7. The monoisotopic (exact) mass is 530 g/mol. The first-order valence-electron chi connectivity index (χ1n) is 10.4. The Morgan fingerprint density at radius 1 is 0.500 bits per heavy atom. The number of benzene rings is 4. The van der Waals surface area contributed by atoms with Gasteiger partial charge in [0.05, 0.1) is 6.42 Å². The molecule has 182 valence electrons. The molecule has 4 aromatic carbocycles. The van der Waals surface area contributed by atoms with Gasteiger partial charge in [-0.15, -0.1) is 0 Å². The number of halogens is 5.